The van der Waals surface area contributed by atoms with Crippen LogP contribution < -0.4 is 20.1 Å². The third-order valence-corrected chi connectivity index (χ3v) is 3.32. The lowest BCUT2D eigenvalue weighted by molar-refractivity contribution is 0.174. The van der Waals surface area contributed by atoms with Gasteiger partial charge in [-0.15, -0.1) is 10.2 Å². The summed E-state index contributed by atoms with van der Waals surface area (Å²) in [4.78, 5) is 16.3. The molecule has 0 bridgehead atoms. The molecule has 1 aromatic carbocycles. The first kappa shape index (κ1) is 14.0. The minimum absolute atomic E-state index is 0.190. The summed E-state index contributed by atoms with van der Waals surface area (Å²) in [5, 5.41) is 12.9. The zero-order valence-electron chi connectivity index (χ0n) is 12.3. The maximum atomic E-state index is 12.0. The second kappa shape index (κ2) is 5.88. The molecule has 1 aliphatic heterocycles. The Kier molecular flexibility index (Phi) is 3.43. The topological polar surface area (TPSA) is 103 Å². The molecule has 0 aliphatic carbocycles. The first-order valence-corrected chi connectivity index (χ1v) is 7.07. The average molecular weight is 324 g/mol. The van der Waals surface area contributed by atoms with E-state index in [4.69, 9.17) is 9.47 Å². The lowest BCUT2D eigenvalue weighted by Crippen LogP contribution is -2.19. The predicted octanol–water partition coefficient (Wildman–Crippen LogP) is 2.03. The second-order valence-electron chi connectivity index (χ2n) is 4.92. The highest BCUT2D eigenvalue weighted by atomic mass is 16.7. The highest BCUT2D eigenvalue weighted by Gasteiger charge is 2.14. The molecule has 9 nitrogen and oxygen atoms in total. The molecule has 2 aromatic heterocycles. The molecule has 0 radical (unpaired) electrons. The SMILES string of the molecule is O=C(Nc1ccc(-n2cnnc2)nc1)Nc1ccc2c(c1)OCO2. The van der Waals surface area contributed by atoms with Crippen molar-refractivity contribution in [2.75, 3.05) is 17.4 Å². The van der Waals surface area contributed by atoms with Crippen molar-refractivity contribution < 1.29 is 14.3 Å². The van der Waals surface area contributed by atoms with Crippen molar-refractivity contribution in [3.05, 3.63) is 49.2 Å². The monoisotopic (exact) mass is 324 g/mol. The van der Waals surface area contributed by atoms with Gasteiger partial charge in [-0.05, 0) is 24.3 Å². The Morgan fingerprint density at radius 1 is 1.00 bits per heavy atom. The van der Waals surface area contributed by atoms with Crippen LogP contribution in [0.4, 0.5) is 16.2 Å². The fourth-order valence-corrected chi connectivity index (χ4v) is 2.20. The Balaban J connectivity index is 1.41. The smallest absolute Gasteiger partial charge is 0.323 e. The maximum Gasteiger partial charge on any atom is 0.323 e. The second-order valence-corrected chi connectivity index (χ2v) is 4.92. The summed E-state index contributed by atoms with van der Waals surface area (Å²) in [6.07, 6.45) is 4.64. The van der Waals surface area contributed by atoms with Crippen LogP contribution in [-0.2, 0) is 0 Å². The summed E-state index contributed by atoms with van der Waals surface area (Å²) in [5.41, 5.74) is 1.16. The molecule has 2 amide bonds. The van der Waals surface area contributed by atoms with E-state index in [-0.39, 0.29) is 12.8 Å². The highest BCUT2D eigenvalue weighted by Crippen LogP contribution is 2.34. The zero-order chi connectivity index (χ0) is 16.4. The number of amides is 2. The van der Waals surface area contributed by atoms with E-state index in [2.05, 4.69) is 25.8 Å². The Morgan fingerprint density at radius 2 is 1.75 bits per heavy atom. The molecule has 0 saturated carbocycles. The van der Waals surface area contributed by atoms with Gasteiger partial charge in [-0.25, -0.2) is 9.78 Å². The molecule has 0 atom stereocenters. The Hall–Kier alpha value is -3.62. The summed E-state index contributed by atoms with van der Waals surface area (Å²) in [6, 6.07) is 8.29. The van der Waals surface area contributed by atoms with Crippen molar-refractivity contribution in [2.24, 2.45) is 0 Å². The van der Waals surface area contributed by atoms with Crippen LogP contribution >= 0.6 is 0 Å². The van der Waals surface area contributed by atoms with E-state index in [9.17, 15) is 4.79 Å². The molecule has 4 rings (SSSR count). The number of nitrogens with zero attached hydrogens (tertiary/aromatic N) is 4. The van der Waals surface area contributed by atoms with Crippen LogP contribution in [0.25, 0.3) is 5.82 Å². The van der Waals surface area contributed by atoms with Crippen molar-refractivity contribution in [2.45, 2.75) is 0 Å². The van der Waals surface area contributed by atoms with Crippen LogP contribution in [0.15, 0.2) is 49.2 Å². The molecule has 0 saturated heterocycles. The standard InChI is InChI=1S/C15H12N6O3/c22-15(19-10-1-3-12-13(5-10)24-9-23-12)20-11-2-4-14(16-6-11)21-7-17-18-8-21/h1-8H,9H2,(H2,19,20,22). The Morgan fingerprint density at radius 3 is 2.54 bits per heavy atom. The first-order valence-electron chi connectivity index (χ1n) is 7.07. The molecule has 24 heavy (non-hydrogen) atoms. The summed E-state index contributed by atoms with van der Waals surface area (Å²) in [6.45, 7) is 0.190. The number of anilines is 2. The first-order chi connectivity index (χ1) is 11.8. The van der Waals surface area contributed by atoms with Crippen molar-refractivity contribution in [1.29, 1.82) is 0 Å². The van der Waals surface area contributed by atoms with E-state index in [1.807, 2.05) is 0 Å². The quantitative estimate of drug-likeness (QED) is 0.764. The molecule has 3 aromatic rings. The van der Waals surface area contributed by atoms with Gasteiger partial charge in [0.15, 0.2) is 11.5 Å². The summed E-state index contributed by atoms with van der Waals surface area (Å²) < 4.78 is 12.2. The van der Waals surface area contributed by atoms with Gasteiger partial charge in [-0.3, -0.25) is 4.57 Å². The number of ether oxygens (including phenoxy) is 2. The molecule has 3 heterocycles. The third-order valence-electron chi connectivity index (χ3n) is 3.32. The fraction of sp³-hybridized carbons (Fsp3) is 0.0667. The van der Waals surface area contributed by atoms with E-state index in [1.54, 1.807) is 53.8 Å². The van der Waals surface area contributed by atoms with Crippen molar-refractivity contribution in [1.82, 2.24) is 19.7 Å². The predicted molar refractivity (Wildman–Crippen MR) is 84.4 cm³/mol. The summed E-state index contributed by atoms with van der Waals surface area (Å²) >= 11 is 0. The van der Waals surface area contributed by atoms with Gasteiger partial charge in [0.25, 0.3) is 0 Å². The number of hydrogen-bond acceptors (Lipinski definition) is 6. The molecule has 9 heteroatoms. The number of pyridine rings is 1. The summed E-state index contributed by atoms with van der Waals surface area (Å²) in [7, 11) is 0. The van der Waals surface area contributed by atoms with Crippen LogP contribution in [-0.4, -0.2) is 32.6 Å². The number of fused-ring (bicyclic) bond motifs is 1. The average Bonchev–Trinajstić information content (AvgIpc) is 3.26. The Labute approximate surface area is 136 Å². The fourth-order valence-electron chi connectivity index (χ4n) is 2.20. The van der Waals surface area contributed by atoms with Crippen LogP contribution in [0.1, 0.15) is 0 Å². The van der Waals surface area contributed by atoms with E-state index in [1.165, 1.54) is 0 Å². The number of urea groups is 1. The van der Waals surface area contributed by atoms with Gasteiger partial charge < -0.3 is 20.1 Å². The van der Waals surface area contributed by atoms with Gasteiger partial charge in [-0.1, -0.05) is 0 Å². The minimum Gasteiger partial charge on any atom is -0.454 e. The van der Waals surface area contributed by atoms with Crippen molar-refractivity contribution in [3.8, 4) is 17.3 Å². The molecule has 0 unspecified atom stereocenters. The summed E-state index contributed by atoms with van der Waals surface area (Å²) in [5.74, 6) is 1.92. The van der Waals surface area contributed by atoms with Gasteiger partial charge in [0.2, 0.25) is 6.79 Å². The lowest BCUT2D eigenvalue weighted by Gasteiger charge is -2.08. The van der Waals surface area contributed by atoms with Crippen LogP contribution in [0.3, 0.4) is 0 Å². The van der Waals surface area contributed by atoms with Gasteiger partial charge in [0, 0.05) is 11.8 Å². The van der Waals surface area contributed by atoms with Crippen LogP contribution in [0.2, 0.25) is 0 Å². The molecule has 0 fully saturated rings. The van der Waals surface area contributed by atoms with Crippen molar-refractivity contribution >= 4 is 17.4 Å². The lowest BCUT2D eigenvalue weighted by atomic mass is 10.3. The van der Waals surface area contributed by atoms with Gasteiger partial charge >= 0.3 is 6.03 Å². The van der Waals surface area contributed by atoms with Gasteiger partial charge in [-0.2, -0.15) is 0 Å². The molecule has 120 valence electrons. The largest absolute Gasteiger partial charge is 0.454 e. The molecular formula is C15H12N6O3. The van der Waals surface area contributed by atoms with E-state index in [0.29, 0.717) is 28.7 Å². The normalized spacial score (nSPS) is 12.0. The van der Waals surface area contributed by atoms with Crippen LogP contribution in [0, 0.1) is 0 Å². The van der Waals surface area contributed by atoms with E-state index in [0.717, 1.165) is 0 Å². The number of hydrogen-bond donors (Lipinski definition) is 2. The third kappa shape index (κ3) is 2.82. The van der Waals surface area contributed by atoms with Crippen LogP contribution in [0.5, 0.6) is 11.5 Å². The number of aromatic nitrogens is 4. The zero-order valence-corrected chi connectivity index (χ0v) is 12.3. The van der Waals surface area contributed by atoms with E-state index >= 15 is 0 Å². The van der Waals surface area contributed by atoms with Gasteiger partial charge in [0.05, 0.1) is 11.9 Å². The van der Waals surface area contributed by atoms with Gasteiger partial charge in [0.1, 0.15) is 18.5 Å². The number of benzene rings is 1. The van der Waals surface area contributed by atoms with Crippen molar-refractivity contribution in [3.63, 3.8) is 0 Å². The molecule has 1 aliphatic rings. The Bertz CT molecular complexity index is 863. The highest BCUT2D eigenvalue weighted by molar-refractivity contribution is 5.99. The van der Waals surface area contributed by atoms with E-state index < -0.39 is 0 Å². The number of nitrogens with one attached hydrogen (secondary N) is 2. The maximum absolute atomic E-state index is 12.0. The molecule has 0 spiro atoms. The number of carbonyl (C=O) groups is 1. The minimum atomic E-state index is -0.382. The number of carbonyl (C=O) groups excluding carboxylic acids is 1. The molecule has 2 N–H and O–H groups in total. The molecular weight excluding hydrogens is 312 g/mol. The number of rotatable bonds is 3.